The van der Waals surface area contributed by atoms with Gasteiger partial charge in [-0.15, -0.1) is 0 Å². The van der Waals surface area contributed by atoms with Gasteiger partial charge in [-0.2, -0.15) is 0 Å². The first-order valence-electron chi connectivity index (χ1n) is 5.54. The summed E-state index contributed by atoms with van der Waals surface area (Å²) in [6, 6.07) is 8.28. The highest BCUT2D eigenvalue weighted by atomic mass is 16.2. The number of hydrogen-bond acceptors (Lipinski definition) is 2. The maximum atomic E-state index is 11.3. The van der Waals surface area contributed by atoms with Gasteiger partial charge in [0.25, 0.3) is 0 Å². The highest BCUT2D eigenvalue weighted by molar-refractivity contribution is 6.03. The fourth-order valence-electron chi connectivity index (χ4n) is 1.94. The summed E-state index contributed by atoms with van der Waals surface area (Å²) in [5.41, 5.74) is 2.45. The van der Waals surface area contributed by atoms with Crippen molar-refractivity contribution >= 4 is 11.8 Å². The second-order valence-corrected chi connectivity index (χ2v) is 4.34. The van der Waals surface area contributed by atoms with Crippen molar-refractivity contribution in [3.05, 3.63) is 35.4 Å². The van der Waals surface area contributed by atoms with E-state index in [9.17, 15) is 9.59 Å². The van der Waals surface area contributed by atoms with E-state index in [1.807, 2.05) is 6.92 Å². The molecule has 16 heavy (non-hydrogen) atoms. The molecule has 2 rings (SSSR count). The van der Waals surface area contributed by atoms with Crippen molar-refractivity contribution in [2.24, 2.45) is 5.92 Å². The van der Waals surface area contributed by atoms with E-state index < -0.39 is 0 Å². The molecule has 1 saturated heterocycles. The van der Waals surface area contributed by atoms with Gasteiger partial charge in [0, 0.05) is 12.3 Å². The summed E-state index contributed by atoms with van der Waals surface area (Å²) in [5, 5.41) is 2.33. The van der Waals surface area contributed by atoms with Gasteiger partial charge in [-0.25, -0.2) is 0 Å². The van der Waals surface area contributed by atoms with Crippen LogP contribution in [-0.4, -0.2) is 11.8 Å². The van der Waals surface area contributed by atoms with Crippen LogP contribution in [0.25, 0.3) is 0 Å². The lowest BCUT2D eigenvalue weighted by molar-refractivity contribution is -0.125. The number of nitrogens with one attached hydrogen (secondary N) is 1. The van der Waals surface area contributed by atoms with E-state index in [2.05, 4.69) is 29.6 Å². The topological polar surface area (TPSA) is 46.2 Å². The molecule has 84 valence electrons. The lowest BCUT2D eigenvalue weighted by Gasteiger charge is -2.05. The summed E-state index contributed by atoms with van der Waals surface area (Å²) < 4.78 is 0. The predicted octanol–water partition coefficient (Wildman–Crippen LogP) is 1.59. The Balaban J connectivity index is 1.90. The Hall–Kier alpha value is -1.64. The molecule has 1 aromatic carbocycles. The monoisotopic (exact) mass is 217 g/mol. The summed E-state index contributed by atoms with van der Waals surface area (Å²) in [4.78, 5) is 22.3. The first kappa shape index (κ1) is 10.9. The quantitative estimate of drug-likeness (QED) is 0.781. The van der Waals surface area contributed by atoms with Crippen LogP contribution in [0, 0.1) is 12.8 Å². The molecule has 0 unspecified atom stereocenters. The third-order valence-corrected chi connectivity index (χ3v) is 2.97. The minimum atomic E-state index is -0.140. The van der Waals surface area contributed by atoms with E-state index in [1.54, 1.807) is 0 Å². The van der Waals surface area contributed by atoms with E-state index in [-0.39, 0.29) is 17.7 Å². The van der Waals surface area contributed by atoms with Crippen LogP contribution in [0.1, 0.15) is 24.0 Å². The molecule has 0 aliphatic carbocycles. The zero-order chi connectivity index (χ0) is 11.5. The van der Waals surface area contributed by atoms with Gasteiger partial charge in [0.2, 0.25) is 11.8 Å². The molecule has 0 radical (unpaired) electrons. The van der Waals surface area contributed by atoms with Crippen LogP contribution in [0.5, 0.6) is 0 Å². The lowest BCUT2D eigenvalue weighted by atomic mass is 9.98. The second-order valence-electron chi connectivity index (χ2n) is 4.34. The minimum absolute atomic E-state index is 0.114. The molecular formula is C13H15NO2. The Morgan fingerprint density at radius 1 is 1.25 bits per heavy atom. The molecule has 1 fully saturated rings. The van der Waals surface area contributed by atoms with Gasteiger partial charge in [-0.3, -0.25) is 14.9 Å². The minimum Gasteiger partial charge on any atom is -0.296 e. The van der Waals surface area contributed by atoms with Crippen molar-refractivity contribution in [2.45, 2.75) is 26.2 Å². The maximum Gasteiger partial charge on any atom is 0.230 e. The Labute approximate surface area is 94.9 Å². The summed E-state index contributed by atoms with van der Waals surface area (Å²) in [6.45, 7) is 2.05. The molecule has 1 aromatic rings. The average molecular weight is 217 g/mol. The van der Waals surface area contributed by atoms with E-state index in [1.165, 1.54) is 11.1 Å². The second kappa shape index (κ2) is 4.47. The lowest BCUT2D eigenvalue weighted by Crippen LogP contribution is -2.22. The number of carbonyl (C=O) groups is 2. The number of imide groups is 1. The highest BCUT2D eigenvalue weighted by Gasteiger charge is 2.29. The van der Waals surface area contributed by atoms with Crippen LogP contribution in [-0.2, 0) is 16.0 Å². The maximum absolute atomic E-state index is 11.3. The van der Waals surface area contributed by atoms with Gasteiger partial charge in [0.15, 0.2) is 0 Å². The Kier molecular flexibility index (Phi) is 3.04. The fourth-order valence-corrected chi connectivity index (χ4v) is 1.94. The van der Waals surface area contributed by atoms with Crippen molar-refractivity contribution in [1.82, 2.24) is 5.32 Å². The molecule has 2 amide bonds. The molecule has 1 aliphatic heterocycles. The van der Waals surface area contributed by atoms with Gasteiger partial charge in [0.1, 0.15) is 0 Å². The summed E-state index contributed by atoms with van der Waals surface area (Å²) in [5.74, 6) is -0.384. The van der Waals surface area contributed by atoms with Gasteiger partial charge in [-0.1, -0.05) is 29.8 Å². The van der Waals surface area contributed by atoms with Crippen molar-refractivity contribution < 1.29 is 9.59 Å². The smallest absolute Gasteiger partial charge is 0.230 e. The molecule has 0 spiro atoms. The van der Waals surface area contributed by atoms with Crippen LogP contribution in [0.4, 0.5) is 0 Å². The summed E-state index contributed by atoms with van der Waals surface area (Å²) in [7, 11) is 0. The zero-order valence-corrected chi connectivity index (χ0v) is 9.32. The van der Waals surface area contributed by atoms with Crippen LogP contribution in [0.2, 0.25) is 0 Å². The standard InChI is InChI=1S/C13H15NO2/c1-9-2-4-10(5-3-9)6-7-11-8-12(15)14-13(11)16/h2-5,11H,6-8H2,1H3,(H,14,15,16)/t11-/m1/s1. The van der Waals surface area contributed by atoms with Crippen molar-refractivity contribution in [3.8, 4) is 0 Å². The van der Waals surface area contributed by atoms with Gasteiger partial charge >= 0.3 is 0 Å². The number of rotatable bonds is 3. The van der Waals surface area contributed by atoms with E-state index in [0.717, 1.165) is 12.8 Å². The van der Waals surface area contributed by atoms with E-state index >= 15 is 0 Å². The van der Waals surface area contributed by atoms with Crippen LogP contribution in [0.15, 0.2) is 24.3 Å². The molecule has 0 aromatic heterocycles. The normalized spacial score (nSPS) is 19.9. The molecule has 3 nitrogen and oxygen atoms in total. The largest absolute Gasteiger partial charge is 0.296 e. The predicted molar refractivity (Wildman–Crippen MR) is 60.8 cm³/mol. The molecule has 3 heteroatoms. The number of benzene rings is 1. The van der Waals surface area contributed by atoms with Gasteiger partial charge in [0.05, 0.1) is 0 Å². The molecule has 1 heterocycles. The van der Waals surface area contributed by atoms with Crippen LogP contribution >= 0.6 is 0 Å². The number of aryl methyl sites for hydroxylation is 2. The number of hydrogen-bond donors (Lipinski definition) is 1. The van der Waals surface area contributed by atoms with Crippen molar-refractivity contribution in [2.75, 3.05) is 0 Å². The number of amides is 2. The first-order chi connectivity index (χ1) is 7.65. The SMILES string of the molecule is Cc1ccc(CC[C@@H]2CC(=O)NC2=O)cc1. The Morgan fingerprint density at radius 2 is 1.94 bits per heavy atom. The molecule has 1 aliphatic rings. The van der Waals surface area contributed by atoms with E-state index in [0.29, 0.717) is 6.42 Å². The molecule has 0 bridgehead atoms. The van der Waals surface area contributed by atoms with Gasteiger partial charge < -0.3 is 0 Å². The van der Waals surface area contributed by atoms with Crippen molar-refractivity contribution in [1.29, 1.82) is 0 Å². The molecular weight excluding hydrogens is 202 g/mol. The summed E-state index contributed by atoms with van der Waals surface area (Å²) >= 11 is 0. The Bertz CT molecular complexity index is 408. The average Bonchev–Trinajstić information content (AvgIpc) is 2.57. The Morgan fingerprint density at radius 3 is 2.50 bits per heavy atom. The molecule has 1 N–H and O–H groups in total. The first-order valence-corrected chi connectivity index (χ1v) is 5.54. The zero-order valence-electron chi connectivity index (χ0n) is 9.32. The highest BCUT2D eigenvalue weighted by Crippen LogP contribution is 2.18. The van der Waals surface area contributed by atoms with Crippen LogP contribution in [0.3, 0.4) is 0 Å². The van der Waals surface area contributed by atoms with Crippen LogP contribution < -0.4 is 5.32 Å². The van der Waals surface area contributed by atoms with E-state index in [4.69, 9.17) is 0 Å². The van der Waals surface area contributed by atoms with Crippen molar-refractivity contribution in [3.63, 3.8) is 0 Å². The fraction of sp³-hybridized carbons (Fsp3) is 0.385. The van der Waals surface area contributed by atoms with Gasteiger partial charge in [-0.05, 0) is 25.3 Å². The molecule has 1 atom stereocenters. The number of carbonyl (C=O) groups excluding carboxylic acids is 2. The summed E-state index contributed by atoms with van der Waals surface area (Å²) in [6.07, 6.45) is 1.96. The third-order valence-electron chi connectivity index (χ3n) is 2.97. The third kappa shape index (κ3) is 2.48. The molecule has 0 saturated carbocycles.